The summed E-state index contributed by atoms with van der Waals surface area (Å²) in [4.78, 5) is 62.4. The minimum atomic E-state index is -5.55. The second-order valence-corrected chi connectivity index (χ2v) is 13.4. The van der Waals surface area contributed by atoms with Gasteiger partial charge in [-0.25, -0.2) is 13.6 Å². The number of hydrogen-bond acceptors (Lipinski definition) is 8. The third kappa shape index (κ3) is 9.92. The monoisotopic (exact) mass is 747 g/mol. The van der Waals surface area contributed by atoms with Crippen molar-refractivity contribution >= 4 is 29.6 Å². The van der Waals surface area contributed by atoms with E-state index in [4.69, 9.17) is 5.73 Å². The van der Waals surface area contributed by atoms with E-state index in [9.17, 15) is 51.0 Å². The quantitative estimate of drug-likeness (QED) is 0.0842. The zero-order chi connectivity index (χ0) is 39.3. The van der Waals surface area contributed by atoms with E-state index in [0.29, 0.717) is 5.69 Å². The number of imide groups is 1. The summed E-state index contributed by atoms with van der Waals surface area (Å²) in [7, 11) is 0. The molecule has 0 fully saturated rings. The Labute approximate surface area is 300 Å². The van der Waals surface area contributed by atoms with Crippen LogP contribution >= 0.6 is 0 Å². The van der Waals surface area contributed by atoms with Crippen LogP contribution in [0.1, 0.15) is 44.4 Å². The van der Waals surface area contributed by atoms with Crippen LogP contribution in [-0.4, -0.2) is 81.8 Å². The number of aliphatic hydroxyl groups is 1. The van der Waals surface area contributed by atoms with E-state index in [1.54, 1.807) is 49.7 Å². The fourth-order valence-electron chi connectivity index (χ4n) is 5.80. The fraction of sp³-hybridized carbons (Fsp3) is 0.361. The van der Waals surface area contributed by atoms with E-state index in [2.05, 4.69) is 15.4 Å². The van der Waals surface area contributed by atoms with Crippen molar-refractivity contribution in [2.75, 3.05) is 19.6 Å². The maximum absolute atomic E-state index is 14.9. The average Bonchev–Trinajstić information content (AvgIpc) is 3.62. The lowest BCUT2D eigenvalue weighted by Crippen LogP contribution is -2.60. The van der Waals surface area contributed by atoms with Gasteiger partial charge in [-0.15, -0.1) is 0 Å². The predicted molar refractivity (Wildman–Crippen MR) is 179 cm³/mol. The van der Waals surface area contributed by atoms with Gasteiger partial charge in [0.1, 0.15) is 17.7 Å². The number of halogens is 5. The molecule has 53 heavy (non-hydrogen) atoms. The van der Waals surface area contributed by atoms with Gasteiger partial charge in [0.05, 0.1) is 0 Å². The van der Waals surface area contributed by atoms with E-state index in [1.165, 1.54) is 6.07 Å². The number of carbonyl (C=O) groups excluding carboxylic acids is 5. The number of alkyl halides is 3. The van der Waals surface area contributed by atoms with Crippen molar-refractivity contribution < 1.29 is 55.8 Å². The molecule has 0 spiro atoms. The number of benzene rings is 2. The number of aliphatic hydroxyl groups excluding tert-OH is 1. The molecule has 1 aliphatic rings. The summed E-state index contributed by atoms with van der Waals surface area (Å²) in [6, 6.07) is 13.5. The molecule has 0 saturated heterocycles. The SMILES string of the molecule is CC(C)(C)[C@H](c1cc(-c2cc(F)ccc2F)cn1Cc1ccccc1)[C@H](O)C(=O)NCC[C@](N)(OC(=O)C(F)(F)F)C(=O)NCCN1C(=O)C=CC1=O. The average molecular weight is 748 g/mol. The number of nitrogens with zero attached hydrogens (tertiary/aromatic N) is 2. The molecule has 12 nitrogen and oxygen atoms in total. The first-order valence-electron chi connectivity index (χ1n) is 16.3. The summed E-state index contributed by atoms with van der Waals surface area (Å²) in [5, 5.41) is 16.0. The molecule has 284 valence electrons. The lowest BCUT2D eigenvalue weighted by molar-refractivity contribution is -0.214. The number of aromatic nitrogens is 1. The highest BCUT2D eigenvalue weighted by atomic mass is 19.4. The van der Waals surface area contributed by atoms with Crippen molar-refractivity contribution in [2.24, 2.45) is 11.1 Å². The third-order valence-electron chi connectivity index (χ3n) is 8.41. The number of esters is 1. The zero-order valence-electron chi connectivity index (χ0n) is 28.9. The highest BCUT2D eigenvalue weighted by Gasteiger charge is 2.48. The molecule has 0 saturated carbocycles. The Morgan fingerprint density at radius 2 is 1.57 bits per heavy atom. The largest absolute Gasteiger partial charge is 0.491 e. The van der Waals surface area contributed by atoms with Crippen LogP contribution in [-0.2, 0) is 35.3 Å². The van der Waals surface area contributed by atoms with Gasteiger partial charge in [-0.2, -0.15) is 13.2 Å². The number of ether oxygens (including phenoxy) is 1. The van der Waals surface area contributed by atoms with Crippen molar-refractivity contribution in [2.45, 2.75) is 57.7 Å². The van der Waals surface area contributed by atoms with Crippen molar-refractivity contribution in [1.82, 2.24) is 20.1 Å². The maximum atomic E-state index is 14.9. The topological polar surface area (TPSA) is 173 Å². The van der Waals surface area contributed by atoms with Crippen LogP contribution < -0.4 is 16.4 Å². The minimum absolute atomic E-state index is 0.0640. The molecule has 4 rings (SSSR count). The maximum Gasteiger partial charge on any atom is 0.491 e. The Hall–Kier alpha value is -5.42. The molecular formula is C36H38F5N5O7. The second kappa shape index (κ2) is 16.1. The molecule has 0 bridgehead atoms. The summed E-state index contributed by atoms with van der Waals surface area (Å²) in [5.74, 6) is -9.08. The normalized spacial score (nSPS) is 15.5. The molecule has 2 aromatic carbocycles. The molecule has 5 N–H and O–H groups in total. The summed E-state index contributed by atoms with van der Waals surface area (Å²) in [5.41, 5.74) is 3.34. The smallest absolute Gasteiger partial charge is 0.428 e. The minimum Gasteiger partial charge on any atom is -0.428 e. The summed E-state index contributed by atoms with van der Waals surface area (Å²) in [6.07, 6.45) is -4.79. The van der Waals surface area contributed by atoms with Crippen molar-refractivity contribution in [3.8, 4) is 11.1 Å². The van der Waals surface area contributed by atoms with Gasteiger partial charge < -0.3 is 25.0 Å². The lowest BCUT2D eigenvalue weighted by atomic mass is 9.74. The summed E-state index contributed by atoms with van der Waals surface area (Å²) >= 11 is 0. The third-order valence-corrected chi connectivity index (χ3v) is 8.41. The standard InChI is InChI=1S/C36H38F5N5O7/c1-34(2,3)29(26-17-22(24-18-23(37)9-10-25(24)38)20-45(26)19-21-7-5-4-6-8-21)30(49)31(50)43-14-13-35(42,53-33(52)36(39,40)41)32(51)44-15-16-46-27(47)11-12-28(46)48/h4-12,17-18,20,29-30,49H,13-16,19,42H2,1-3H3,(H,43,50)(H,44,51)/t29-,30+,35+/m1/s1. The first-order chi connectivity index (χ1) is 24.7. The number of nitrogens with one attached hydrogen (secondary N) is 2. The van der Waals surface area contributed by atoms with Gasteiger partial charge in [-0.1, -0.05) is 51.1 Å². The fourth-order valence-corrected chi connectivity index (χ4v) is 5.80. The van der Waals surface area contributed by atoms with Crippen LogP contribution in [0, 0.1) is 17.0 Å². The van der Waals surface area contributed by atoms with Crippen LogP contribution in [0.2, 0.25) is 0 Å². The van der Waals surface area contributed by atoms with Crippen LogP contribution in [0.4, 0.5) is 22.0 Å². The second-order valence-electron chi connectivity index (χ2n) is 13.4. The van der Waals surface area contributed by atoms with Gasteiger partial charge in [0.15, 0.2) is 0 Å². The Kier molecular flexibility index (Phi) is 12.2. The van der Waals surface area contributed by atoms with Gasteiger partial charge in [-0.3, -0.25) is 29.8 Å². The van der Waals surface area contributed by atoms with Gasteiger partial charge in [0.2, 0.25) is 11.6 Å². The van der Waals surface area contributed by atoms with Crippen LogP contribution in [0.3, 0.4) is 0 Å². The van der Waals surface area contributed by atoms with E-state index in [1.807, 2.05) is 12.1 Å². The number of hydrogen-bond donors (Lipinski definition) is 4. The van der Waals surface area contributed by atoms with Crippen molar-refractivity contribution in [1.29, 1.82) is 0 Å². The molecule has 1 aliphatic heterocycles. The van der Waals surface area contributed by atoms with Gasteiger partial charge in [0, 0.05) is 73.7 Å². The highest BCUT2D eigenvalue weighted by molar-refractivity contribution is 6.12. The number of nitrogens with two attached hydrogens (primary N) is 1. The Balaban J connectivity index is 1.56. The highest BCUT2D eigenvalue weighted by Crippen LogP contribution is 2.41. The van der Waals surface area contributed by atoms with Crippen LogP contribution in [0.25, 0.3) is 11.1 Å². The zero-order valence-corrected chi connectivity index (χ0v) is 28.9. The van der Waals surface area contributed by atoms with Gasteiger partial charge in [0.25, 0.3) is 17.7 Å². The molecule has 2 heterocycles. The molecule has 1 aromatic heterocycles. The van der Waals surface area contributed by atoms with E-state index >= 15 is 0 Å². The molecule has 0 radical (unpaired) electrons. The molecule has 3 atom stereocenters. The predicted octanol–water partition coefficient (Wildman–Crippen LogP) is 3.28. The van der Waals surface area contributed by atoms with E-state index in [0.717, 1.165) is 40.8 Å². The van der Waals surface area contributed by atoms with Crippen molar-refractivity contribution in [3.05, 3.63) is 95.8 Å². The van der Waals surface area contributed by atoms with Gasteiger partial charge >= 0.3 is 12.1 Å². The van der Waals surface area contributed by atoms with E-state index in [-0.39, 0.29) is 24.2 Å². The number of carbonyl (C=O) groups is 5. The summed E-state index contributed by atoms with van der Waals surface area (Å²) in [6.45, 7) is 3.85. The first-order valence-corrected chi connectivity index (χ1v) is 16.3. The summed E-state index contributed by atoms with van der Waals surface area (Å²) < 4.78 is 74.5. The van der Waals surface area contributed by atoms with Crippen LogP contribution in [0.15, 0.2) is 72.9 Å². The molecule has 3 aromatic rings. The lowest BCUT2D eigenvalue weighted by Gasteiger charge is -2.35. The molecular weight excluding hydrogens is 709 g/mol. The van der Waals surface area contributed by atoms with Crippen LogP contribution in [0.5, 0.6) is 0 Å². The molecule has 0 unspecified atom stereocenters. The molecule has 17 heteroatoms. The molecule has 0 aliphatic carbocycles. The Morgan fingerprint density at radius 1 is 0.925 bits per heavy atom. The first kappa shape index (κ1) is 40.4. The number of amides is 4. The van der Waals surface area contributed by atoms with E-state index < -0.39 is 90.1 Å². The molecule has 4 amide bonds. The van der Waals surface area contributed by atoms with Gasteiger partial charge in [-0.05, 0) is 35.2 Å². The Bertz CT molecular complexity index is 1870. The van der Waals surface area contributed by atoms with Crippen molar-refractivity contribution in [3.63, 3.8) is 0 Å². The Morgan fingerprint density at radius 3 is 2.17 bits per heavy atom. The number of rotatable bonds is 14.